The molecule has 0 fully saturated rings. The summed E-state index contributed by atoms with van der Waals surface area (Å²) in [6.07, 6.45) is 5.00. The molecule has 0 spiro atoms. The Morgan fingerprint density at radius 1 is 1.18 bits per heavy atom. The molecule has 6 heteroatoms. The van der Waals surface area contributed by atoms with Crippen molar-refractivity contribution in [3.63, 3.8) is 0 Å². The molecule has 0 radical (unpaired) electrons. The summed E-state index contributed by atoms with van der Waals surface area (Å²) < 4.78 is 0. The van der Waals surface area contributed by atoms with E-state index < -0.39 is 0 Å². The van der Waals surface area contributed by atoms with E-state index in [4.69, 9.17) is 0 Å². The highest BCUT2D eigenvalue weighted by molar-refractivity contribution is 6.09. The number of aryl methyl sites for hydroxylation is 2. The predicted octanol–water partition coefficient (Wildman–Crippen LogP) is 3.84. The summed E-state index contributed by atoms with van der Waals surface area (Å²) in [5, 5.41) is 19.6. The van der Waals surface area contributed by atoms with Gasteiger partial charge in [0.15, 0.2) is 0 Å². The van der Waals surface area contributed by atoms with Crippen molar-refractivity contribution in [3.8, 4) is 22.8 Å². The van der Waals surface area contributed by atoms with Crippen LogP contribution in [-0.2, 0) is 6.42 Å². The number of carbonyl (C=O) groups excluding carboxylic acids is 1. The van der Waals surface area contributed by atoms with Crippen LogP contribution in [0.4, 0.5) is 5.69 Å². The van der Waals surface area contributed by atoms with E-state index in [1.54, 1.807) is 11.1 Å². The van der Waals surface area contributed by atoms with Crippen LogP contribution in [0, 0.1) is 6.92 Å². The Labute approximate surface area is 163 Å². The highest BCUT2D eigenvalue weighted by atomic mass is 16.3. The molecule has 142 valence electrons. The van der Waals surface area contributed by atoms with Crippen LogP contribution < -0.4 is 4.90 Å². The lowest BCUT2D eigenvalue weighted by atomic mass is 9.93. The number of phenolic OH excluding ortho intramolecular Hbond substituents is 2. The summed E-state index contributed by atoms with van der Waals surface area (Å²) in [5.41, 5.74) is 4.95. The molecule has 4 rings (SSSR count). The first kappa shape index (κ1) is 18.0. The van der Waals surface area contributed by atoms with Crippen molar-refractivity contribution in [2.24, 2.45) is 0 Å². The molecule has 3 aromatic rings. The van der Waals surface area contributed by atoms with Gasteiger partial charge in [-0.25, -0.2) is 9.97 Å². The second-order valence-electron chi connectivity index (χ2n) is 7.16. The molecule has 0 bridgehead atoms. The van der Waals surface area contributed by atoms with Gasteiger partial charge in [0.1, 0.15) is 17.8 Å². The molecular weight excluding hydrogens is 354 g/mol. The minimum absolute atomic E-state index is 0.000149. The number of nitrogens with zero attached hydrogens (tertiary/aromatic N) is 3. The molecule has 2 aromatic carbocycles. The summed E-state index contributed by atoms with van der Waals surface area (Å²) in [6, 6.07) is 10.0. The van der Waals surface area contributed by atoms with E-state index in [-0.39, 0.29) is 29.0 Å². The quantitative estimate of drug-likeness (QED) is 0.711. The van der Waals surface area contributed by atoms with E-state index >= 15 is 0 Å². The number of carbonyl (C=O) groups is 1. The number of aromatic nitrogens is 2. The number of rotatable bonds is 2. The molecule has 0 saturated carbocycles. The van der Waals surface area contributed by atoms with Crippen molar-refractivity contribution in [1.82, 2.24) is 9.97 Å². The molecule has 0 aliphatic carbocycles. The lowest BCUT2D eigenvalue weighted by Gasteiger charge is -2.35. The number of anilines is 1. The average Bonchev–Trinajstić information content (AvgIpc) is 2.67. The number of benzene rings is 2. The van der Waals surface area contributed by atoms with E-state index in [1.807, 2.05) is 26.0 Å². The molecular formula is C22H21N3O3. The first-order chi connectivity index (χ1) is 13.5. The van der Waals surface area contributed by atoms with Crippen molar-refractivity contribution in [2.45, 2.75) is 32.7 Å². The lowest BCUT2D eigenvalue weighted by Crippen LogP contribution is -2.42. The standard InChI is InChI=1S/C22H21N3O3/c1-13-11-23-12-24-21(13)16-5-8-19-15(9-16)4-3-14(2)25(19)22(28)18-7-6-17(26)10-20(18)27/h5-12,14,26-27H,3-4H2,1-2H3. The molecule has 28 heavy (non-hydrogen) atoms. The number of hydrogen-bond donors (Lipinski definition) is 2. The second kappa shape index (κ2) is 6.96. The minimum atomic E-state index is -0.281. The number of hydrogen-bond acceptors (Lipinski definition) is 5. The Hall–Kier alpha value is -3.41. The maximum Gasteiger partial charge on any atom is 0.262 e. The zero-order valence-electron chi connectivity index (χ0n) is 15.8. The van der Waals surface area contributed by atoms with Gasteiger partial charge in [0, 0.05) is 29.6 Å². The van der Waals surface area contributed by atoms with Gasteiger partial charge in [0.2, 0.25) is 0 Å². The number of phenols is 2. The highest BCUT2D eigenvalue weighted by Crippen LogP contribution is 2.36. The van der Waals surface area contributed by atoms with Crippen LogP contribution >= 0.6 is 0 Å². The largest absolute Gasteiger partial charge is 0.508 e. The fraction of sp³-hybridized carbons (Fsp3) is 0.227. The number of amides is 1. The number of fused-ring (bicyclic) bond motifs is 1. The SMILES string of the molecule is Cc1cncnc1-c1ccc2c(c1)CCC(C)N2C(=O)c1ccc(O)cc1O. The normalized spacial score (nSPS) is 15.9. The molecule has 1 aliphatic rings. The Balaban J connectivity index is 1.76. The third-order valence-electron chi connectivity index (χ3n) is 5.21. The van der Waals surface area contributed by atoms with E-state index in [1.165, 1.54) is 24.5 Å². The fourth-order valence-corrected chi connectivity index (χ4v) is 3.74. The molecule has 2 N–H and O–H groups in total. The third kappa shape index (κ3) is 3.07. The topological polar surface area (TPSA) is 86.6 Å². The van der Waals surface area contributed by atoms with Crippen LogP contribution in [0.25, 0.3) is 11.3 Å². The highest BCUT2D eigenvalue weighted by Gasteiger charge is 2.30. The molecule has 1 amide bonds. The third-order valence-corrected chi connectivity index (χ3v) is 5.21. The van der Waals surface area contributed by atoms with Gasteiger partial charge in [-0.3, -0.25) is 4.79 Å². The average molecular weight is 375 g/mol. The van der Waals surface area contributed by atoms with Crippen LogP contribution in [0.3, 0.4) is 0 Å². The Bertz CT molecular complexity index is 1060. The molecule has 0 saturated heterocycles. The van der Waals surface area contributed by atoms with Gasteiger partial charge in [-0.1, -0.05) is 6.07 Å². The van der Waals surface area contributed by atoms with Gasteiger partial charge in [0.05, 0.1) is 11.3 Å². The lowest BCUT2D eigenvalue weighted by molar-refractivity contribution is 0.0972. The monoisotopic (exact) mass is 375 g/mol. The first-order valence-corrected chi connectivity index (χ1v) is 9.21. The Morgan fingerprint density at radius 2 is 2.00 bits per heavy atom. The summed E-state index contributed by atoms with van der Waals surface area (Å²) in [4.78, 5) is 23.3. The Morgan fingerprint density at radius 3 is 2.75 bits per heavy atom. The summed E-state index contributed by atoms with van der Waals surface area (Å²) >= 11 is 0. The fourth-order valence-electron chi connectivity index (χ4n) is 3.74. The van der Waals surface area contributed by atoms with E-state index in [2.05, 4.69) is 16.0 Å². The van der Waals surface area contributed by atoms with Crippen molar-refractivity contribution in [3.05, 3.63) is 65.6 Å². The number of aromatic hydroxyl groups is 2. The predicted molar refractivity (Wildman–Crippen MR) is 107 cm³/mol. The Kier molecular flexibility index (Phi) is 4.47. The van der Waals surface area contributed by atoms with E-state index in [0.29, 0.717) is 0 Å². The van der Waals surface area contributed by atoms with E-state index in [9.17, 15) is 15.0 Å². The molecule has 2 heterocycles. The van der Waals surface area contributed by atoms with Crippen LogP contribution in [0.15, 0.2) is 48.9 Å². The maximum atomic E-state index is 13.2. The van der Waals surface area contributed by atoms with Gasteiger partial charge < -0.3 is 15.1 Å². The molecule has 1 aliphatic heterocycles. The molecule has 6 nitrogen and oxygen atoms in total. The van der Waals surface area contributed by atoms with Gasteiger partial charge in [-0.15, -0.1) is 0 Å². The molecule has 1 unspecified atom stereocenters. The van der Waals surface area contributed by atoms with Crippen LogP contribution in [0.5, 0.6) is 11.5 Å². The van der Waals surface area contributed by atoms with Crippen molar-refractivity contribution in [1.29, 1.82) is 0 Å². The summed E-state index contributed by atoms with van der Waals surface area (Å²) in [5.74, 6) is -0.583. The summed E-state index contributed by atoms with van der Waals surface area (Å²) in [6.45, 7) is 3.97. The van der Waals surface area contributed by atoms with Gasteiger partial charge in [0.25, 0.3) is 5.91 Å². The summed E-state index contributed by atoms with van der Waals surface area (Å²) in [7, 11) is 0. The van der Waals surface area contributed by atoms with Crippen LogP contribution in [0.2, 0.25) is 0 Å². The zero-order valence-corrected chi connectivity index (χ0v) is 15.8. The second-order valence-corrected chi connectivity index (χ2v) is 7.16. The first-order valence-electron chi connectivity index (χ1n) is 9.21. The van der Waals surface area contributed by atoms with Gasteiger partial charge in [-0.2, -0.15) is 0 Å². The van der Waals surface area contributed by atoms with Crippen LogP contribution in [0.1, 0.15) is 34.8 Å². The zero-order chi connectivity index (χ0) is 19.8. The van der Waals surface area contributed by atoms with Crippen molar-refractivity contribution in [2.75, 3.05) is 4.90 Å². The van der Waals surface area contributed by atoms with Crippen molar-refractivity contribution >= 4 is 11.6 Å². The minimum Gasteiger partial charge on any atom is -0.508 e. The van der Waals surface area contributed by atoms with Crippen molar-refractivity contribution < 1.29 is 15.0 Å². The molecule has 1 atom stereocenters. The van der Waals surface area contributed by atoms with Crippen LogP contribution in [-0.4, -0.2) is 32.1 Å². The smallest absolute Gasteiger partial charge is 0.262 e. The maximum absolute atomic E-state index is 13.2. The van der Waals surface area contributed by atoms with E-state index in [0.717, 1.165) is 40.9 Å². The van der Waals surface area contributed by atoms with Gasteiger partial charge >= 0.3 is 0 Å². The van der Waals surface area contributed by atoms with Gasteiger partial charge in [-0.05, 0) is 62.1 Å². The molecule has 1 aromatic heterocycles.